The molecule has 0 bridgehead atoms. The molecule has 2 rings (SSSR count). The lowest BCUT2D eigenvalue weighted by Gasteiger charge is -2.17. The molecule has 0 aliphatic heterocycles. The number of hydrogen-bond donors (Lipinski definition) is 2. The first kappa shape index (κ1) is 16.5. The van der Waals surface area contributed by atoms with Gasteiger partial charge < -0.3 is 15.8 Å². The predicted molar refractivity (Wildman–Crippen MR) is 83.4 cm³/mol. The maximum atomic E-state index is 12.0. The van der Waals surface area contributed by atoms with Crippen molar-refractivity contribution in [1.82, 2.24) is 0 Å². The molecule has 0 fully saturated rings. The molecule has 1 aromatic carbocycles. The summed E-state index contributed by atoms with van der Waals surface area (Å²) in [5.41, 5.74) is 6.17. The van der Waals surface area contributed by atoms with Crippen molar-refractivity contribution in [3.63, 3.8) is 0 Å². The summed E-state index contributed by atoms with van der Waals surface area (Å²) in [7, 11) is 0. The Morgan fingerprint density at radius 2 is 2.05 bits per heavy atom. The number of amides is 1. The van der Waals surface area contributed by atoms with Gasteiger partial charge in [-0.3, -0.25) is 4.79 Å². The summed E-state index contributed by atoms with van der Waals surface area (Å²) in [6.07, 6.45) is 6.97. The van der Waals surface area contributed by atoms with E-state index >= 15 is 0 Å². The van der Waals surface area contributed by atoms with Gasteiger partial charge in [-0.25, -0.2) is 0 Å². The van der Waals surface area contributed by atoms with Gasteiger partial charge in [-0.05, 0) is 43.5 Å². The minimum atomic E-state index is 0. The van der Waals surface area contributed by atoms with Crippen LogP contribution >= 0.6 is 12.4 Å². The first-order valence-corrected chi connectivity index (χ1v) is 6.68. The summed E-state index contributed by atoms with van der Waals surface area (Å²) in [6.45, 7) is 0.994. The number of carbonyl (C=O) groups is 1. The van der Waals surface area contributed by atoms with Gasteiger partial charge in [-0.15, -0.1) is 12.4 Å². The molecule has 3 N–H and O–H groups in total. The topological polar surface area (TPSA) is 64.3 Å². The molecular formula is C15H21ClN2O2. The van der Waals surface area contributed by atoms with Gasteiger partial charge in [0.1, 0.15) is 12.4 Å². The minimum Gasteiger partial charge on any atom is -0.492 e. The van der Waals surface area contributed by atoms with Gasteiger partial charge in [-0.1, -0.05) is 12.2 Å². The fourth-order valence-corrected chi connectivity index (χ4v) is 2.09. The zero-order valence-electron chi connectivity index (χ0n) is 11.4. The summed E-state index contributed by atoms with van der Waals surface area (Å²) in [5.74, 6) is 0.960. The third kappa shape index (κ3) is 4.87. The zero-order valence-corrected chi connectivity index (χ0v) is 12.2. The van der Waals surface area contributed by atoms with Gasteiger partial charge in [0.15, 0.2) is 0 Å². The Balaban J connectivity index is 0.00000200. The van der Waals surface area contributed by atoms with Crippen LogP contribution in [0.25, 0.3) is 0 Å². The van der Waals surface area contributed by atoms with Crippen molar-refractivity contribution in [2.75, 3.05) is 18.5 Å². The predicted octanol–water partition coefficient (Wildman–Crippen LogP) is 2.74. The fraction of sp³-hybridized carbons (Fsp3) is 0.400. The lowest BCUT2D eigenvalue weighted by atomic mass is 9.93. The third-order valence-electron chi connectivity index (χ3n) is 3.15. The molecule has 20 heavy (non-hydrogen) atoms. The molecule has 1 aromatic rings. The molecular weight excluding hydrogens is 276 g/mol. The van der Waals surface area contributed by atoms with E-state index < -0.39 is 0 Å². The summed E-state index contributed by atoms with van der Waals surface area (Å²) in [4.78, 5) is 12.0. The number of carbonyl (C=O) groups excluding carboxylic acids is 1. The Kier molecular flexibility index (Phi) is 7.12. The molecule has 1 aliphatic carbocycles. The van der Waals surface area contributed by atoms with Crippen LogP contribution in [-0.2, 0) is 4.79 Å². The monoisotopic (exact) mass is 296 g/mol. The Bertz CT molecular complexity index is 446. The standard InChI is InChI=1S/C15H20N2O2.ClH/c16-10-11-19-14-8-6-13(7-9-14)17-15(18)12-4-2-1-3-5-12;/h1-2,6-9,12H,3-5,10-11,16H2,(H,17,18);1H. The number of nitrogens with two attached hydrogens (primary N) is 1. The molecule has 0 aromatic heterocycles. The van der Waals surface area contributed by atoms with Crippen molar-refractivity contribution in [1.29, 1.82) is 0 Å². The highest BCUT2D eigenvalue weighted by molar-refractivity contribution is 5.92. The number of ether oxygens (including phenoxy) is 1. The van der Waals surface area contributed by atoms with Crippen LogP contribution in [0, 0.1) is 5.92 Å². The molecule has 4 nitrogen and oxygen atoms in total. The minimum absolute atomic E-state index is 0. The third-order valence-corrected chi connectivity index (χ3v) is 3.15. The molecule has 0 heterocycles. The van der Waals surface area contributed by atoms with E-state index in [1.165, 1.54) is 0 Å². The fourth-order valence-electron chi connectivity index (χ4n) is 2.09. The molecule has 1 amide bonds. The van der Waals surface area contributed by atoms with E-state index in [-0.39, 0.29) is 24.2 Å². The second-order valence-corrected chi connectivity index (χ2v) is 4.63. The van der Waals surface area contributed by atoms with Crippen molar-refractivity contribution < 1.29 is 9.53 Å². The highest BCUT2D eigenvalue weighted by Crippen LogP contribution is 2.21. The van der Waals surface area contributed by atoms with Crippen molar-refractivity contribution in [3.05, 3.63) is 36.4 Å². The number of halogens is 1. The Hall–Kier alpha value is -1.52. The summed E-state index contributed by atoms with van der Waals surface area (Å²) in [5, 5.41) is 2.94. The van der Waals surface area contributed by atoms with Crippen LogP contribution in [0.4, 0.5) is 5.69 Å². The van der Waals surface area contributed by atoms with Gasteiger partial charge in [0, 0.05) is 18.2 Å². The second-order valence-electron chi connectivity index (χ2n) is 4.63. The van der Waals surface area contributed by atoms with E-state index in [9.17, 15) is 4.79 Å². The van der Waals surface area contributed by atoms with E-state index in [1.54, 1.807) is 0 Å². The largest absolute Gasteiger partial charge is 0.492 e. The number of benzene rings is 1. The highest BCUT2D eigenvalue weighted by Gasteiger charge is 2.18. The van der Waals surface area contributed by atoms with Crippen molar-refractivity contribution >= 4 is 24.0 Å². The van der Waals surface area contributed by atoms with Gasteiger partial charge >= 0.3 is 0 Å². The van der Waals surface area contributed by atoms with E-state index in [1.807, 2.05) is 24.3 Å². The number of anilines is 1. The molecule has 0 radical (unpaired) electrons. The Morgan fingerprint density at radius 3 is 2.65 bits per heavy atom. The van der Waals surface area contributed by atoms with Gasteiger partial charge in [0.05, 0.1) is 0 Å². The SMILES string of the molecule is Cl.NCCOc1ccc(NC(=O)C2CC=CCC2)cc1. The van der Waals surface area contributed by atoms with Crippen molar-refractivity contribution in [3.8, 4) is 5.75 Å². The summed E-state index contributed by atoms with van der Waals surface area (Å²) in [6, 6.07) is 7.38. The van der Waals surface area contributed by atoms with Crippen LogP contribution < -0.4 is 15.8 Å². The lowest BCUT2D eigenvalue weighted by molar-refractivity contribution is -0.120. The van der Waals surface area contributed by atoms with Crippen LogP contribution in [0.2, 0.25) is 0 Å². The highest BCUT2D eigenvalue weighted by atomic mass is 35.5. The zero-order chi connectivity index (χ0) is 13.5. The second kappa shape index (κ2) is 8.61. The molecule has 1 unspecified atom stereocenters. The van der Waals surface area contributed by atoms with Crippen LogP contribution in [0.3, 0.4) is 0 Å². The van der Waals surface area contributed by atoms with E-state index in [0.29, 0.717) is 13.2 Å². The molecule has 5 heteroatoms. The number of allylic oxidation sites excluding steroid dienone is 2. The van der Waals surface area contributed by atoms with Gasteiger partial charge in [0.25, 0.3) is 0 Å². The van der Waals surface area contributed by atoms with Gasteiger partial charge in [-0.2, -0.15) is 0 Å². The molecule has 1 atom stereocenters. The first-order chi connectivity index (χ1) is 9.29. The van der Waals surface area contributed by atoms with Crippen LogP contribution in [-0.4, -0.2) is 19.1 Å². The normalized spacial score (nSPS) is 17.1. The first-order valence-electron chi connectivity index (χ1n) is 6.68. The number of rotatable bonds is 5. The van der Waals surface area contributed by atoms with Crippen molar-refractivity contribution in [2.24, 2.45) is 11.7 Å². The maximum Gasteiger partial charge on any atom is 0.227 e. The average molecular weight is 297 g/mol. The molecule has 0 saturated heterocycles. The molecule has 0 saturated carbocycles. The van der Waals surface area contributed by atoms with Crippen molar-refractivity contribution in [2.45, 2.75) is 19.3 Å². The molecule has 0 spiro atoms. The number of nitrogens with one attached hydrogen (secondary N) is 1. The summed E-state index contributed by atoms with van der Waals surface area (Å²) < 4.78 is 5.38. The average Bonchev–Trinajstić information content (AvgIpc) is 2.47. The summed E-state index contributed by atoms with van der Waals surface area (Å²) >= 11 is 0. The van der Waals surface area contributed by atoms with E-state index in [4.69, 9.17) is 10.5 Å². The Labute approximate surface area is 125 Å². The maximum absolute atomic E-state index is 12.0. The smallest absolute Gasteiger partial charge is 0.227 e. The van der Waals surface area contributed by atoms with Crippen LogP contribution in [0.1, 0.15) is 19.3 Å². The molecule has 1 aliphatic rings. The number of hydrogen-bond acceptors (Lipinski definition) is 3. The Morgan fingerprint density at radius 1 is 1.30 bits per heavy atom. The van der Waals surface area contributed by atoms with E-state index in [0.717, 1.165) is 30.7 Å². The quantitative estimate of drug-likeness (QED) is 0.821. The van der Waals surface area contributed by atoms with Crippen LogP contribution in [0.15, 0.2) is 36.4 Å². The lowest BCUT2D eigenvalue weighted by Crippen LogP contribution is -2.23. The van der Waals surface area contributed by atoms with Crippen LogP contribution in [0.5, 0.6) is 5.75 Å². The van der Waals surface area contributed by atoms with E-state index in [2.05, 4.69) is 17.5 Å². The molecule has 110 valence electrons. The van der Waals surface area contributed by atoms with Gasteiger partial charge in [0.2, 0.25) is 5.91 Å².